The topological polar surface area (TPSA) is 0 Å². The van der Waals surface area contributed by atoms with Gasteiger partial charge in [0, 0.05) is 9.04 Å². The second kappa shape index (κ2) is 4.64. The fourth-order valence-electron chi connectivity index (χ4n) is 0.417. The van der Waals surface area contributed by atoms with E-state index in [9.17, 15) is 0 Å². The van der Waals surface area contributed by atoms with Crippen LogP contribution in [0.25, 0.3) is 0 Å². The quantitative estimate of drug-likeness (QED) is 0.535. The van der Waals surface area contributed by atoms with Crippen molar-refractivity contribution in [2.45, 2.75) is 13.0 Å². The van der Waals surface area contributed by atoms with E-state index in [4.69, 9.17) is 44.3 Å². The van der Waals surface area contributed by atoms with Crippen molar-refractivity contribution >= 4 is 66.0 Å². The third kappa shape index (κ3) is 5.12. The summed E-state index contributed by atoms with van der Waals surface area (Å²) in [5.74, 6) is 0. The molecule has 0 heterocycles. The first kappa shape index (κ1) is 10.8. The molecule has 0 aromatic rings. The summed E-state index contributed by atoms with van der Waals surface area (Å²) in [6, 6.07) is 1.17. The summed E-state index contributed by atoms with van der Waals surface area (Å²) in [6.45, 7) is 2.11. The number of halogens is 4. The van der Waals surface area contributed by atoms with E-state index >= 15 is 0 Å². The number of rotatable bonds is 3. The lowest BCUT2D eigenvalue weighted by Crippen LogP contribution is -2.36. The minimum absolute atomic E-state index is 0.188. The zero-order valence-corrected chi connectivity index (χ0v) is 11.6. The van der Waals surface area contributed by atoms with E-state index in [2.05, 4.69) is 6.92 Å². The molecule has 1 atom stereocenters. The van der Waals surface area contributed by atoms with Gasteiger partial charge in [-0.3, -0.25) is 0 Å². The predicted octanol–water partition coefficient (Wildman–Crippen LogP) is 1.79. The number of hydrogen-bond acceptors (Lipinski definition) is 0. The standard InChI is InChI=1S/C2H8Cl4Si3/c1-2-7-8(3)9(4,5)6/h8H,2,7H2,1H3. The van der Waals surface area contributed by atoms with Crippen LogP contribution in [0, 0.1) is 0 Å². The smallest absolute Gasteiger partial charge is 0.174 e. The van der Waals surface area contributed by atoms with Gasteiger partial charge >= 0.3 is 5.52 Å². The fourth-order valence-corrected chi connectivity index (χ4v) is 20.1. The summed E-state index contributed by atoms with van der Waals surface area (Å²) in [5, 5.41) is 0. The van der Waals surface area contributed by atoms with E-state index in [0.717, 1.165) is 0 Å². The van der Waals surface area contributed by atoms with Crippen molar-refractivity contribution in [1.29, 1.82) is 0 Å². The third-order valence-electron chi connectivity index (χ3n) is 0.897. The average Bonchev–Trinajstić information content (AvgIpc) is 1.64. The Hall–Kier alpha value is 1.81. The molecule has 0 bridgehead atoms. The molecule has 0 spiro atoms. The van der Waals surface area contributed by atoms with Crippen LogP contribution >= 0.6 is 44.3 Å². The minimum atomic E-state index is -2.40. The van der Waals surface area contributed by atoms with Crippen molar-refractivity contribution in [2.75, 3.05) is 0 Å². The molecule has 0 aliphatic rings. The Balaban J connectivity index is 3.59. The molecule has 0 saturated carbocycles. The monoisotopic (exact) mass is 256 g/mol. The van der Waals surface area contributed by atoms with E-state index in [1.807, 2.05) is 0 Å². The van der Waals surface area contributed by atoms with Crippen molar-refractivity contribution in [1.82, 2.24) is 0 Å². The zero-order chi connectivity index (χ0) is 7.49. The van der Waals surface area contributed by atoms with Crippen LogP contribution in [0.2, 0.25) is 6.04 Å². The van der Waals surface area contributed by atoms with Crippen LogP contribution in [-0.4, -0.2) is 21.7 Å². The van der Waals surface area contributed by atoms with Crippen LogP contribution < -0.4 is 0 Å². The van der Waals surface area contributed by atoms with Crippen LogP contribution in [-0.2, 0) is 0 Å². The highest BCUT2D eigenvalue weighted by Crippen LogP contribution is 2.24. The van der Waals surface area contributed by atoms with Gasteiger partial charge in [-0.15, -0.1) is 33.2 Å². The minimum Gasteiger partial charge on any atom is -0.174 e. The van der Waals surface area contributed by atoms with E-state index in [1.165, 1.54) is 6.04 Å². The van der Waals surface area contributed by atoms with Crippen LogP contribution in [0.5, 0.6) is 0 Å². The van der Waals surface area contributed by atoms with Gasteiger partial charge in [-0.25, -0.2) is 0 Å². The molecule has 0 aromatic carbocycles. The van der Waals surface area contributed by atoms with Crippen molar-refractivity contribution in [3.05, 3.63) is 0 Å². The molecule has 0 nitrogen and oxygen atoms in total. The van der Waals surface area contributed by atoms with Crippen LogP contribution in [0.4, 0.5) is 0 Å². The normalized spacial score (nSPS) is 17.0. The fraction of sp³-hybridized carbons (Fsp3) is 1.00. The molecule has 0 N–H and O–H groups in total. The molecule has 56 valence electrons. The van der Waals surface area contributed by atoms with Gasteiger partial charge in [0.2, 0.25) is 0 Å². The first-order chi connectivity index (χ1) is 3.98. The lowest BCUT2D eigenvalue weighted by Gasteiger charge is -2.10. The Morgan fingerprint density at radius 1 is 1.44 bits per heavy atom. The molecule has 0 fully saturated rings. The lowest BCUT2D eigenvalue weighted by atomic mass is 11.0. The maximum Gasteiger partial charge on any atom is 0.335 e. The predicted molar refractivity (Wildman–Crippen MR) is 55.3 cm³/mol. The highest BCUT2D eigenvalue weighted by atomic mass is 35.9. The third-order valence-corrected chi connectivity index (χ3v) is 38.2. The van der Waals surface area contributed by atoms with Crippen molar-refractivity contribution in [3.63, 3.8) is 0 Å². The molecule has 1 unspecified atom stereocenters. The molecule has 0 saturated heterocycles. The van der Waals surface area contributed by atoms with Gasteiger partial charge in [0.1, 0.15) is 0 Å². The largest absolute Gasteiger partial charge is 0.335 e. The van der Waals surface area contributed by atoms with Gasteiger partial charge in [-0.2, -0.15) is 11.1 Å². The van der Waals surface area contributed by atoms with E-state index in [-0.39, 0.29) is 9.04 Å². The molecular formula is C2H8Cl4Si3. The summed E-state index contributed by atoms with van der Waals surface area (Å²) in [7, 11) is -1.53. The van der Waals surface area contributed by atoms with Gasteiger partial charge in [0.25, 0.3) is 0 Å². The SMILES string of the molecule is CC[SiH2][SiH](Cl)[Si](Cl)(Cl)Cl. The van der Waals surface area contributed by atoms with E-state index in [0.29, 0.717) is 0 Å². The molecule has 7 heteroatoms. The Bertz CT molecular complexity index is 80.4. The van der Waals surface area contributed by atoms with Crippen LogP contribution in [0.15, 0.2) is 0 Å². The van der Waals surface area contributed by atoms with E-state index < -0.39 is 12.7 Å². The van der Waals surface area contributed by atoms with Gasteiger partial charge in [-0.1, -0.05) is 13.0 Å². The molecular weight excluding hydrogens is 250 g/mol. The Morgan fingerprint density at radius 3 is 2.00 bits per heavy atom. The number of hydrogen-bond donors (Lipinski definition) is 0. The molecule has 9 heavy (non-hydrogen) atoms. The van der Waals surface area contributed by atoms with Crippen molar-refractivity contribution in [2.24, 2.45) is 0 Å². The van der Waals surface area contributed by atoms with Gasteiger partial charge in [0.15, 0.2) is 7.14 Å². The van der Waals surface area contributed by atoms with Gasteiger partial charge in [0.05, 0.1) is 0 Å². The molecule has 0 rings (SSSR count). The maximum absolute atomic E-state index is 5.92. The second-order valence-electron chi connectivity index (χ2n) is 1.80. The van der Waals surface area contributed by atoms with E-state index in [1.54, 1.807) is 0 Å². The highest BCUT2D eigenvalue weighted by molar-refractivity contribution is 7.97. The Morgan fingerprint density at radius 2 is 1.89 bits per heavy atom. The lowest BCUT2D eigenvalue weighted by molar-refractivity contribution is 1.47. The Kier molecular flexibility index (Phi) is 5.57. The van der Waals surface area contributed by atoms with Crippen molar-refractivity contribution in [3.8, 4) is 0 Å². The highest BCUT2D eigenvalue weighted by Gasteiger charge is 2.36. The summed E-state index contributed by atoms with van der Waals surface area (Å²) in [6.07, 6.45) is 0. The Labute approximate surface area is 78.6 Å². The van der Waals surface area contributed by atoms with Crippen LogP contribution in [0.1, 0.15) is 6.92 Å². The van der Waals surface area contributed by atoms with Gasteiger partial charge in [-0.05, 0) is 0 Å². The molecule has 0 amide bonds. The van der Waals surface area contributed by atoms with Crippen LogP contribution in [0.3, 0.4) is 0 Å². The summed E-state index contributed by atoms with van der Waals surface area (Å²) in [4.78, 5) is 0. The maximum atomic E-state index is 5.92. The second-order valence-corrected chi connectivity index (χ2v) is 31.3. The first-order valence-corrected chi connectivity index (χ1v) is 15.5. The summed E-state index contributed by atoms with van der Waals surface area (Å²) < 4.78 is 0. The molecule has 0 aliphatic carbocycles. The molecule has 0 aliphatic heterocycles. The molecule has 0 aromatic heterocycles. The summed E-state index contributed by atoms with van der Waals surface area (Å²) >= 11 is 23.0. The average molecular weight is 258 g/mol. The van der Waals surface area contributed by atoms with Gasteiger partial charge < -0.3 is 0 Å². The molecule has 0 radical (unpaired) electrons. The summed E-state index contributed by atoms with van der Waals surface area (Å²) in [5.41, 5.74) is -2.40. The first-order valence-electron chi connectivity index (χ1n) is 2.69. The van der Waals surface area contributed by atoms with Crippen molar-refractivity contribution < 1.29 is 0 Å². The zero-order valence-electron chi connectivity index (χ0n) is 5.00.